The molecule has 13 heavy (non-hydrogen) atoms. The molecule has 0 radical (unpaired) electrons. The molecule has 0 N–H and O–H groups in total. The lowest BCUT2D eigenvalue weighted by Crippen LogP contribution is -1.97. The van der Waals surface area contributed by atoms with Gasteiger partial charge in [-0.05, 0) is 19.3 Å². The Labute approximate surface area is 78.0 Å². The Hall–Kier alpha value is -1.25. The van der Waals surface area contributed by atoms with Gasteiger partial charge >= 0.3 is 5.97 Å². The fourth-order valence-electron chi connectivity index (χ4n) is 1.03. The van der Waals surface area contributed by atoms with Gasteiger partial charge in [0.25, 0.3) is 0 Å². The van der Waals surface area contributed by atoms with Crippen molar-refractivity contribution in [3.8, 4) is 0 Å². The number of hydrogen-bond donors (Lipinski definition) is 0. The molecule has 1 aliphatic heterocycles. The van der Waals surface area contributed by atoms with Crippen molar-refractivity contribution in [1.29, 1.82) is 0 Å². The third-order valence-corrected chi connectivity index (χ3v) is 1.73. The lowest BCUT2D eigenvalue weighted by atomic mass is 10.2. The van der Waals surface area contributed by atoms with Gasteiger partial charge in [-0.2, -0.15) is 0 Å². The van der Waals surface area contributed by atoms with Crippen LogP contribution in [0.5, 0.6) is 0 Å². The zero-order chi connectivity index (χ0) is 9.52. The molecule has 0 bridgehead atoms. The van der Waals surface area contributed by atoms with E-state index in [0.29, 0.717) is 19.0 Å². The molecule has 0 fully saturated rings. The molecule has 0 aliphatic carbocycles. The van der Waals surface area contributed by atoms with E-state index in [-0.39, 0.29) is 5.97 Å². The lowest BCUT2D eigenvalue weighted by molar-refractivity contribution is -0.135. The van der Waals surface area contributed by atoms with Crippen LogP contribution in [-0.2, 0) is 14.3 Å². The number of ether oxygens (including phenoxy) is 2. The Bertz CT molecular complexity index is 218. The summed E-state index contributed by atoms with van der Waals surface area (Å²) in [7, 11) is 0. The van der Waals surface area contributed by atoms with Gasteiger partial charge in [0.1, 0.15) is 12.4 Å². The van der Waals surface area contributed by atoms with Crippen LogP contribution >= 0.6 is 0 Å². The molecule has 0 saturated carbocycles. The minimum absolute atomic E-state index is 0.292. The maximum Gasteiger partial charge on any atom is 0.334 e. The van der Waals surface area contributed by atoms with Gasteiger partial charge in [-0.15, -0.1) is 6.58 Å². The molecule has 3 heteroatoms. The number of cyclic esters (lactones) is 1. The maximum absolute atomic E-state index is 10.6. The van der Waals surface area contributed by atoms with Gasteiger partial charge in [0.15, 0.2) is 0 Å². The van der Waals surface area contributed by atoms with Crippen molar-refractivity contribution >= 4 is 5.97 Å². The van der Waals surface area contributed by atoms with Crippen LogP contribution in [0.3, 0.4) is 0 Å². The van der Waals surface area contributed by atoms with Crippen LogP contribution in [0.2, 0.25) is 0 Å². The summed E-state index contributed by atoms with van der Waals surface area (Å²) >= 11 is 0. The Kier molecular flexibility index (Phi) is 4.09. The summed E-state index contributed by atoms with van der Waals surface area (Å²) in [6.07, 6.45) is 6.36. The third kappa shape index (κ3) is 3.78. The standard InChI is InChI=1S/C10H14O3/c1-2-3-4-5-6-12-9-7-10(11)13-8-9/h2,7H,1,3-6,8H2. The number of hydrogen-bond acceptors (Lipinski definition) is 3. The van der Waals surface area contributed by atoms with Gasteiger partial charge in [0.2, 0.25) is 0 Å². The highest BCUT2D eigenvalue weighted by Crippen LogP contribution is 2.08. The van der Waals surface area contributed by atoms with E-state index in [9.17, 15) is 4.79 Å². The third-order valence-electron chi connectivity index (χ3n) is 1.73. The summed E-state index contributed by atoms with van der Waals surface area (Å²) in [5.41, 5.74) is 0. The topological polar surface area (TPSA) is 35.5 Å². The SMILES string of the molecule is C=CCCCCOC1=CC(=O)OC1. The van der Waals surface area contributed by atoms with Gasteiger partial charge in [-0.1, -0.05) is 6.08 Å². The van der Waals surface area contributed by atoms with Crippen LogP contribution in [0.25, 0.3) is 0 Å². The largest absolute Gasteiger partial charge is 0.494 e. The van der Waals surface area contributed by atoms with Crippen LogP contribution in [0.15, 0.2) is 24.5 Å². The summed E-state index contributed by atoms with van der Waals surface area (Å²) in [5.74, 6) is 0.338. The molecule has 0 aromatic carbocycles. The Balaban J connectivity index is 2.03. The van der Waals surface area contributed by atoms with E-state index in [2.05, 4.69) is 11.3 Å². The van der Waals surface area contributed by atoms with Crippen LogP contribution in [0, 0.1) is 0 Å². The Morgan fingerprint density at radius 1 is 1.62 bits per heavy atom. The molecule has 3 nitrogen and oxygen atoms in total. The molecule has 0 amide bonds. The van der Waals surface area contributed by atoms with Crippen LogP contribution < -0.4 is 0 Å². The Morgan fingerprint density at radius 3 is 3.08 bits per heavy atom. The molecule has 0 atom stereocenters. The van der Waals surface area contributed by atoms with E-state index in [0.717, 1.165) is 19.3 Å². The normalized spacial score (nSPS) is 15.1. The summed E-state index contributed by atoms with van der Waals surface area (Å²) in [4.78, 5) is 10.6. The van der Waals surface area contributed by atoms with Crippen molar-refractivity contribution in [3.63, 3.8) is 0 Å². The average Bonchev–Trinajstić information content (AvgIpc) is 2.51. The fraction of sp³-hybridized carbons (Fsp3) is 0.500. The molecular formula is C10H14O3. The van der Waals surface area contributed by atoms with Gasteiger partial charge in [0.05, 0.1) is 12.7 Å². The first-order valence-electron chi connectivity index (χ1n) is 4.44. The zero-order valence-corrected chi connectivity index (χ0v) is 7.62. The van der Waals surface area contributed by atoms with Gasteiger partial charge in [-0.3, -0.25) is 0 Å². The predicted octanol–water partition coefficient (Wildman–Crippen LogP) is 1.80. The van der Waals surface area contributed by atoms with E-state index >= 15 is 0 Å². The minimum atomic E-state index is -0.305. The summed E-state index contributed by atoms with van der Waals surface area (Å²) < 4.78 is 9.97. The molecule has 0 aromatic rings. The van der Waals surface area contributed by atoms with Crippen LogP contribution in [0.1, 0.15) is 19.3 Å². The second-order valence-corrected chi connectivity index (χ2v) is 2.85. The lowest BCUT2D eigenvalue weighted by Gasteiger charge is -2.03. The first kappa shape index (κ1) is 9.84. The first-order chi connectivity index (χ1) is 6.33. The van der Waals surface area contributed by atoms with Gasteiger partial charge in [-0.25, -0.2) is 4.79 Å². The van der Waals surface area contributed by atoms with E-state index in [1.54, 1.807) is 0 Å². The number of carbonyl (C=O) groups is 1. The first-order valence-corrected chi connectivity index (χ1v) is 4.44. The maximum atomic E-state index is 10.6. The average molecular weight is 182 g/mol. The van der Waals surface area contributed by atoms with E-state index in [1.165, 1.54) is 6.08 Å². The molecule has 0 aromatic heterocycles. The Morgan fingerprint density at radius 2 is 2.46 bits per heavy atom. The van der Waals surface area contributed by atoms with E-state index < -0.39 is 0 Å². The summed E-state index contributed by atoms with van der Waals surface area (Å²) in [6, 6.07) is 0. The van der Waals surface area contributed by atoms with Crippen LogP contribution in [0.4, 0.5) is 0 Å². The highest BCUT2D eigenvalue weighted by Gasteiger charge is 2.13. The number of allylic oxidation sites excluding steroid dienone is 1. The molecular weight excluding hydrogens is 168 g/mol. The predicted molar refractivity (Wildman–Crippen MR) is 49.0 cm³/mol. The minimum Gasteiger partial charge on any atom is -0.494 e. The molecule has 0 spiro atoms. The van der Waals surface area contributed by atoms with Crippen molar-refractivity contribution in [2.75, 3.05) is 13.2 Å². The van der Waals surface area contributed by atoms with E-state index in [4.69, 9.17) is 4.74 Å². The van der Waals surface area contributed by atoms with Crippen molar-refractivity contribution in [2.24, 2.45) is 0 Å². The van der Waals surface area contributed by atoms with Gasteiger partial charge in [0, 0.05) is 0 Å². The second kappa shape index (κ2) is 5.41. The molecule has 1 aliphatic rings. The number of rotatable bonds is 6. The quantitative estimate of drug-likeness (QED) is 0.357. The zero-order valence-electron chi connectivity index (χ0n) is 7.62. The smallest absolute Gasteiger partial charge is 0.334 e. The van der Waals surface area contributed by atoms with Crippen molar-refractivity contribution < 1.29 is 14.3 Å². The molecule has 0 unspecified atom stereocenters. The monoisotopic (exact) mass is 182 g/mol. The summed E-state index contributed by atoms with van der Waals surface area (Å²) in [5, 5.41) is 0. The molecule has 0 saturated heterocycles. The highest BCUT2D eigenvalue weighted by molar-refractivity contribution is 5.84. The van der Waals surface area contributed by atoms with E-state index in [1.807, 2.05) is 6.08 Å². The highest BCUT2D eigenvalue weighted by atomic mass is 16.6. The number of carbonyl (C=O) groups excluding carboxylic acids is 1. The summed E-state index contributed by atoms with van der Waals surface area (Å²) in [6.45, 7) is 4.57. The molecule has 72 valence electrons. The van der Waals surface area contributed by atoms with Crippen molar-refractivity contribution in [1.82, 2.24) is 0 Å². The number of esters is 1. The molecule has 1 rings (SSSR count). The van der Waals surface area contributed by atoms with Crippen LogP contribution in [-0.4, -0.2) is 19.2 Å². The van der Waals surface area contributed by atoms with Gasteiger partial charge < -0.3 is 9.47 Å². The fourth-order valence-corrected chi connectivity index (χ4v) is 1.03. The second-order valence-electron chi connectivity index (χ2n) is 2.85. The van der Waals surface area contributed by atoms with Crippen molar-refractivity contribution in [3.05, 3.63) is 24.5 Å². The van der Waals surface area contributed by atoms with Crippen molar-refractivity contribution in [2.45, 2.75) is 19.3 Å². The molecule has 1 heterocycles. The number of unbranched alkanes of at least 4 members (excludes halogenated alkanes) is 2.